The first-order chi connectivity index (χ1) is 13.1. The summed E-state index contributed by atoms with van der Waals surface area (Å²) >= 11 is 0. The van der Waals surface area contributed by atoms with Crippen LogP contribution in [0.15, 0.2) is 43.1 Å². The van der Waals surface area contributed by atoms with Crippen LogP contribution in [0.25, 0.3) is 5.82 Å². The SMILES string of the molecule is Cc1cc(NC(=O)c2cn(-c3cc(N4CCCC4)ncn3)cn2)ccc1F. The minimum atomic E-state index is -0.367. The van der Waals surface area contributed by atoms with Crippen molar-refractivity contribution in [3.05, 3.63) is 60.2 Å². The molecule has 1 saturated heterocycles. The fourth-order valence-corrected chi connectivity index (χ4v) is 3.08. The number of hydrogen-bond acceptors (Lipinski definition) is 5. The van der Waals surface area contributed by atoms with Crippen molar-refractivity contribution in [2.75, 3.05) is 23.3 Å². The summed E-state index contributed by atoms with van der Waals surface area (Å²) in [6.45, 7) is 3.63. The molecular weight excluding hydrogens is 347 g/mol. The van der Waals surface area contributed by atoms with Crippen LogP contribution < -0.4 is 10.2 Å². The van der Waals surface area contributed by atoms with Crippen LogP contribution in [0, 0.1) is 12.7 Å². The van der Waals surface area contributed by atoms with Gasteiger partial charge in [-0.3, -0.25) is 9.36 Å². The summed E-state index contributed by atoms with van der Waals surface area (Å²) in [5, 5.41) is 2.72. The number of imidazole rings is 1. The predicted molar refractivity (Wildman–Crippen MR) is 99.7 cm³/mol. The summed E-state index contributed by atoms with van der Waals surface area (Å²) in [6.07, 6.45) is 7.00. The number of amides is 1. The van der Waals surface area contributed by atoms with E-state index in [1.807, 2.05) is 6.07 Å². The van der Waals surface area contributed by atoms with Gasteiger partial charge in [0.1, 0.15) is 35.8 Å². The molecule has 0 bridgehead atoms. The predicted octanol–water partition coefficient (Wildman–Crippen LogP) is 2.96. The molecule has 4 rings (SSSR count). The van der Waals surface area contributed by atoms with Crippen LogP contribution in [-0.2, 0) is 0 Å². The van der Waals surface area contributed by atoms with E-state index >= 15 is 0 Å². The lowest BCUT2D eigenvalue weighted by Gasteiger charge is -2.16. The molecule has 1 fully saturated rings. The van der Waals surface area contributed by atoms with E-state index in [2.05, 4.69) is 25.2 Å². The third-order valence-electron chi connectivity index (χ3n) is 4.56. The standard InChI is InChI=1S/C19H19FN6O/c1-13-8-14(4-5-15(13)20)24-19(27)16-10-26(12-23-16)18-9-17(21-11-22-18)25-6-2-3-7-25/h4-5,8-12H,2-3,6-7H2,1H3,(H,24,27). The third kappa shape index (κ3) is 3.64. The number of rotatable bonds is 4. The van der Waals surface area contributed by atoms with E-state index in [4.69, 9.17) is 0 Å². The molecule has 3 aromatic rings. The van der Waals surface area contributed by atoms with Crippen LogP contribution in [0.5, 0.6) is 0 Å². The average Bonchev–Trinajstić information content (AvgIpc) is 3.37. The summed E-state index contributed by atoms with van der Waals surface area (Å²) in [7, 11) is 0. The summed E-state index contributed by atoms with van der Waals surface area (Å²) in [4.78, 5) is 27.4. The van der Waals surface area contributed by atoms with Crippen molar-refractivity contribution in [1.82, 2.24) is 19.5 Å². The van der Waals surface area contributed by atoms with Gasteiger partial charge in [-0.05, 0) is 43.5 Å². The Bertz CT molecular complexity index is 980. The van der Waals surface area contributed by atoms with Crippen LogP contribution >= 0.6 is 0 Å². The van der Waals surface area contributed by atoms with E-state index in [1.165, 1.54) is 18.5 Å². The zero-order valence-electron chi connectivity index (χ0n) is 14.9. The monoisotopic (exact) mass is 366 g/mol. The molecule has 0 radical (unpaired) electrons. The largest absolute Gasteiger partial charge is 0.356 e. The van der Waals surface area contributed by atoms with Gasteiger partial charge in [0.2, 0.25) is 0 Å². The number of nitrogens with zero attached hydrogens (tertiary/aromatic N) is 5. The van der Waals surface area contributed by atoms with E-state index in [1.54, 1.807) is 30.1 Å². The highest BCUT2D eigenvalue weighted by molar-refractivity contribution is 6.02. The maximum atomic E-state index is 13.4. The molecule has 0 aliphatic carbocycles. The van der Waals surface area contributed by atoms with Crippen LogP contribution in [0.3, 0.4) is 0 Å². The smallest absolute Gasteiger partial charge is 0.275 e. The summed E-state index contributed by atoms with van der Waals surface area (Å²) in [5.41, 5.74) is 1.24. The number of benzene rings is 1. The van der Waals surface area contributed by atoms with Crippen molar-refractivity contribution in [3.8, 4) is 5.82 Å². The molecule has 1 aromatic carbocycles. The molecule has 138 valence electrons. The number of carbonyl (C=O) groups excluding carboxylic acids is 1. The Morgan fingerprint density at radius 1 is 1.11 bits per heavy atom. The lowest BCUT2D eigenvalue weighted by molar-refractivity contribution is 0.102. The number of halogens is 1. The van der Waals surface area contributed by atoms with Crippen molar-refractivity contribution < 1.29 is 9.18 Å². The first-order valence-corrected chi connectivity index (χ1v) is 8.79. The lowest BCUT2D eigenvalue weighted by atomic mass is 10.2. The highest BCUT2D eigenvalue weighted by Gasteiger charge is 2.16. The minimum absolute atomic E-state index is 0.248. The quantitative estimate of drug-likeness (QED) is 0.768. The van der Waals surface area contributed by atoms with Gasteiger partial charge in [0.25, 0.3) is 5.91 Å². The van der Waals surface area contributed by atoms with Gasteiger partial charge in [0, 0.05) is 31.0 Å². The maximum absolute atomic E-state index is 13.4. The summed E-state index contributed by atoms with van der Waals surface area (Å²) in [6, 6.07) is 6.31. The molecule has 0 saturated carbocycles. The molecule has 1 amide bonds. The molecule has 7 nitrogen and oxygen atoms in total. The highest BCUT2D eigenvalue weighted by Crippen LogP contribution is 2.19. The number of aromatic nitrogens is 4. The molecule has 1 N–H and O–H groups in total. The second kappa shape index (κ2) is 7.14. The van der Waals surface area contributed by atoms with E-state index in [0.717, 1.165) is 31.7 Å². The summed E-state index contributed by atoms with van der Waals surface area (Å²) < 4.78 is 15.0. The molecule has 0 spiro atoms. The van der Waals surface area contributed by atoms with Crippen LogP contribution in [-0.4, -0.2) is 38.5 Å². The van der Waals surface area contributed by atoms with Crippen LogP contribution in [0.2, 0.25) is 0 Å². The first kappa shape index (κ1) is 17.1. The number of hydrogen-bond donors (Lipinski definition) is 1. The van der Waals surface area contributed by atoms with Gasteiger partial charge in [0.15, 0.2) is 0 Å². The zero-order chi connectivity index (χ0) is 18.8. The van der Waals surface area contributed by atoms with E-state index in [0.29, 0.717) is 17.1 Å². The highest BCUT2D eigenvalue weighted by atomic mass is 19.1. The Hall–Kier alpha value is -3.29. The second-order valence-corrected chi connectivity index (χ2v) is 6.51. The normalized spacial score (nSPS) is 13.8. The van der Waals surface area contributed by atoms with Gasteiger partial charge < -0.3 is 10.2 Å². The van der Waals surface area contributed by atoms with Crippen molar-refractivity contribution in [2.45, 2.75) is 19.8 Å². The number of nitrogens with one attached hydrogen (secondary N) is 1. The van der Waals surface area contributed by atoms with Crippen molar-refractivity contribution in [1.29, 1.82) is 0 Å². The molecular formula is C19H19FN6O. The van der Waals surface area contributed by atoms with Gasteiger partial charge in [-0.1, -0.05) is 0 Å². The van der Waals surface area contributed by atoms with Gasteiger partial charge >= 0.3 is 0 Å². The van der Waals surface area contributed by atoms with Gasteiger partial charge in [0.05, 0.1) is 0 Å². The number of carbonyl (C=O) groups is 1. The molecule has 1 aliphatic rings. The third-order valence-corrected chi connectivity index (χ3v) is 4.56. The van der Waals surface area contributed by atoms with Crippen molar-refractivity contribution in [3.63, 3.8) is 0 Å². The van der Waals surface area contributed by atoms with Crippen LogP contribution in [0.4, 0.5) is 15.9 Å². The summed E-state index contributed by atoms with van der Waals surface area (Å²) in [5.74, 6) is 0.846. The van der Waals surface area contributed by atoms with E-state index < -0.39 is 0 Å². The number of aryl methyl sites for hydroxylation is 1. The topological polar surface area (TPSA) is 75.9 Å². The molecule has 0 atom stereocenters. The number of anilines is 2. The molecule has 1 aliphatic heterocycles. The maximum Gasteiger partial charge on any atom is 0.275 e. The van der Waals surface area contributed by atoms with Crippen molar-refractivity contribution in [2.24, 2.45) is 0 Å². The average molecular weight is 366 g/mol. The molecule has 27 heavy (non-hydrogen) atoms. The fourth-order valence-electron chi connectivity index (χ4n) is 3.08. The molecule has 3 heterocycles. The first-order valence-electron chi connectivity index (χ1n) is 8.79. The zero-order valence-corrected chi connectivity index (χ0v) is 14.9. The van der Waals surface area contributed by atoms with Gasteiger partial charge in [-0.2, -0.15) is 0 Å². The Morgan fingerprint density at radius 3 is 2.67 bits per heavy atom. The van der Waals surface area contributed by atoms with Gasteiger partial charge in [-0.15, -0.1) is 0 Å². The molecule has 2 aromatic heterocycles. The Balaban J connectivity index is 1.51. The fraction of sp³-hybridized carbons (Fsp3) is 0.263. The minimum Gasteiger partial charge on any atom is -0.356 e. The Morgan fingerprint density at radius 2 is 1.89 bits per heavy atom. The molecule has 8 heteroatoms. The van der Waals surface area contributed by atoms with Crippen molar-refractivity contribution >= 4 is 17.4 Å². The van der Waals surface area contributed by atoms with E-state index in [9.17, 15) is 9.18 Å². The lowest BCUT2D eigenvalue weighted by Crippen LogP contribution is -2.19. The Labute approximate surface area is 155 Å². The molecule has 0 unspecified atom stereocenters. The second-order valence-electron chi connectivity index (χ2n) is 6.51. The van der Waals surface area contributed by atoms with E-state index in [-0.39, 0.29) is 17.4 Å². The Kier molecular flexibility index (Phi) is 4.53. The van der Waals surface area contributed by atoms with Gasteiger partial charge in [-0.25, -0.2) is 19.3 Å². The van der Waals surface area contributed by atoms with Crippen LogP contribution in [0.1, 0.15) is 28.9 Å².